The van der Waals surface area contributed by atoms with Crippen molar-refractivity contribution >= 4 is 22.6 Å². The molecule has 0 aliphatic rings. The normalized spacial score (nSPS) is 10.6. The molecule has 1 aromatic heterocycles. The summed E-state index contributed by atoms with van der Waals surface area (Å²) in [5.74, 6) is -0.0575. The molecule has 18 heavy (non-hydrogen) atoms. The summed E-state index contributed by atoms with van der Waals surface area (Å²) in [6, 6.07) is 7.06. The van der Waals surface area contributed by atoms with Crippen LogP contribution in [0.3, 0.4) is 0 Å². The molecule has 1 N–H and O–H groups in total. The van der Waals surface area contributed by atoms with Crippen molar-refractivity contribution in [3.8, 4) is 0 Å². The van der Waals surface area contributed by atoms with Crippen molar-refractivity contribution in [2.45, 2.75) is 13.8 Å². The van der Waals surface area contributed by atoms with Crippen molar-refractivity contribution < 1.29 is 9.90 Å². The van der Waals surface area contributed by atoms with Gasteiger partial charge in [-0.2, -0.15) is 0 Å². The number of hydrogen-bond donors (Lipinski definition) is 1. The Morgan fingerprint density at radius 2 is 1.94 bits per heavy atom. The number of carboxylic acids is 1. The quantitative estimate of drug-likeness (QED) is 0.898. The molecule has 1 aromatic carbocycles. The van der Waals surface area contributed by atoms with E-state index in [1.165, 1.54) is 0 Å². The van der Waals surface area contributed by atoms with E-state index in [0.717, 1.165) is 29.7 Å². The van der Waals surface area contributed by atoms with E-state index in [1.54, 1.807) is 24.4 Å². The molecule has 0 aliphatic heterocycles. The summed E-state index contributed by atoms with van der Waals surface area (Å²) in [5, 5.41) is 10.8. The van der Waals surface area contributed by atoms with E-state index in [-0.39, 0.29) is 0 Å². The van der Waals surface area contributed by atoms with Crippen LogP contribution in [0.5, 0.6) is 0 Å². The van der Waals surface area contributed by atoms with Crippen LogP contribution < -0.4 is 4.90 Å². The van der Waals surface area contributed by atoms with Crippen LogP contribution in [0.1, 0.15) is 24.2 Å². The fourth-order valence-electron chi connectivity index (χ4n) is 2.15. The van der Waals surface area contributed by atoms with Crippen molar-refractivity contribution in [2.75, 3.05) is 18.0 Å². The first-order valence-corrected chi connectivity index (χ1v) is 6.05. The molecule has 1 heterocycles. The number of aromatic nitrogens is 1. The molecule has 0 atom stereocenters. The number of aromatic carboxylic acids is 1. The van der Waals surface area contributed by atoms with Gasteiger partial charge in [0.1, 0.15) is 5.82 Å². The Kier molecular flexibility index (Phi) is 3.46. The predicted octanol–water partition coefficient (Wildman–Crippen LogP) is 2.78. The summed E-state index contributed by atoms with van der Waals surface area (Å²) in [6.45, 7) is 5.82. The van der Waals surface area contributed by atoms with Gasteiger partial charge in [0.25, 0.3) is 0 Å². The minimum absolute atomic E-state index is 0.323. The van der Waals surface area contributed by atoms with E-state index in [4.69, 9.17) is 0 Å². The highest BCUT2D eigenvalue weighted by atomic mass is 16.4. The third-order valence-electron chi connectivity index (χ3n) is 3.08. The van der Waals surface area contributed by atoms with Crippen LogP contribution in [0.15, 0.2) is 30.5 Å². The Morgan fingerprint density at radius 1 is 1.22 bits per heavy atom. The maximum atomic E-state index is 11.2. The monoisotopic (exact) mass is 244 g/mol. The van der Waals surface area contributed by atoms with Gasteiger partial charge in [-0.1, -0.05) is 12.1 Å². The van der Waals surface area contributed by atoms with Gasteiger partial charge in [-0.05, 0) is 26.0 Å². The molecule has 0 saturated carbocycles. The van der Waals surface area contributed by atoms with Crippen LogP contribution in [-0.2, 0) is 0 Å². The fraction of sp³-hybridized carbons (Fsp3) is 0.286. The topological polar surface area (TPSA) is 53.4 Å². The Bertz CT molecular complexity index is 577. The van der Waals surface area contributed by atoms with E-state index in [1.807, 2.05) is 6.07 Å². The maximum absolute atomic E-state index is 11.2. The molecule has 2 rings (SSSR count). The lowest BCUT2D eigenvalue weighted by Crippen LogP contribution is -2.23. The van der Waals surface area contributed by atoms with E-state index in [2.05, 4.69) is 23.7 Å². The third kappa shape index (κ3) is 2.01. The SMILES string of the molecule is CCN(CC)c1nccc2c(C(=O)O)cccc12. The number of anilines is 1. The molecule has 4 heteroatoms. The molecule has 94 valence electrons. The van der Waals surface area contributed by atoms with Gasteiger partial charge in [0, 0.05) is 30.1 Å². The molecule has 4 nitrogen and oxygen atoms in total. The highest BCUT2D eigenvalue weighted by molar-refractivity contribution is 6.06. The van der Waals surface area contributed by atoms with E-state index in [0.29, 0.717) is 5.56 Å². The summed E-state index contributed by atoms with van der Waals surface area (Å²) in [7, 11) is 0. The van der Waals surface area contributed by atoms with E-state index >= 15 is 0 Å². The zero-order chi connectivity index (χ0) is 13.1. The number of hydrogen-bond acceptors (Lipinski definition) is 3. The van der Waals surface area contributed by atoms with Crippen molar-refractivity contribution in [3.05, 3.63) is 36.0 Å². The van der Waals surface area contributed by atoms with Gasteiger partial charge < -0.3 is 10.0 Å². The minimum Gasteiger partial charge on any atom is -0.478 e. The smallest absolute Gasteiger partial charge is 0.336 e. The first kappa shape index (κ1) is 12.4. The summed E-state index contributed by atoms with van der Waals surface area (Å²) >= 11 is 0. The second kappa shape index (κ2) is 5.04. The highest BCUT2D eigenvalue weighted by Crippen LogP contribution is 2.26. The van der Waals surface area contributed by atoms with Crippen molar-refractivity contribution in [1.82, 2.24) is 4.98 Å². The average Bonchev–Trinajstić information content (AvgIpc) is 2.39. The minimum atomic E-state index is -0.905. The van der Waals surface area contributed by atoms with Gasteiger partial charge in [0.05, 0.1) is 5.56 Å². The molecular formula is C14H16N2O2. The summed E-state index contributed by atoms with van der Waals surface area (Å²) in [4.78, 5) is 17.7. The summed E-state index contributed by atoms with van der Waals surface area (Å²) < 4.78 is 0. The highest BCUT2D eigenvalue weighted by Gasteiger charge is 2.13. The molecule has 0 spiro atoms. The Balaban J connectivity index is 2.71. The lowest BCUT2D eigenvalue weighted by Gasteiger charge is -2.21. The summed E-state index contributed by atoms with van der Waals surface area (Å²) in [6.07, 6.45) is 1.67. The first-order chi connectivity index (χ1) is 8.69. The Labute approximate surface area is 106 Å². The first-order valence-electron chi connectivity index (χ1n) is 6.05. The van der Waals surface area contributed by atoms with Gasteiger partial charge in [-0.25, -0.2) is 9.78 Å². The van der Waals surface area contributed by atoms with Crippen LogP contribution in [0, 0.1) is 0 Å². The molecule has 0 unspecified atom stereocenters. The molecule has 0 bridgehead atoms. The third-order valence-corrected chi connectivity index (χ3v) is 3.08. The van der Waals surface area contributed by atoms with Crippen molar-refractivity contribution in [1.29, 1.82) is 0 Å². The number of rotatable bonds is 4. The standard InChI is InChI=1S/C14H16N2O2/c1-3-16(4-2)13-11-6-5-7-12(14(17)18)10(11)8-9-15-13/h5-9H,3-4H2,1-2H3,(H,17,18). The Morgan fingerprint density at radius 3 is 2.56 bits per heavy atom. The van der Waals surface area contributed by atoms with Gasteiger partial charge in [0.15, 0.2) is 0 Å². The zero-order valence-corrected chi connectivity index (χ0v) is 10.6. The predicted molar refractivity (Wildman–Crippen MR) is 72.3 cm³/mol. The van der Waals surface area contributed by atoms with Gasteiger partial charge in [-0.3, -0.25) is 0 Å². The molecular weight excluding hydrogens is 228 g/mol. The molecule has 0 saturated heterocycles. The Hall–Kier alpha value is -2.10. The average molecular weight is 244 g/mol. The molecule has 0 radical (unpaired) electrons. The maximum Gasteiger partial charge on any atom is 0.336 e. The van der Waals surface area contributed by atoms with E-state index < -0.39 is 5.97 Å². The number of nitrogens with zero attached hydrogens (tertiary/aromatic N) is 2. The second-order valence-electron chi connectivity index (χ2n) is 4.01. The number of carbonyl (C=O) groups is 1. The van der Waals surface area contributed by atoms with Gasteiger partial charge in [0.2, 0.25) is 0 Å². The number of carboxylic acid groups (broad SMARTS) is 1. The lowest BCUT2D eigenvalue weighted by molar-refractivity contribution is 0.0699. The van der Waals surface area contributed by atoms with Crippen LogP contribution in [0.25, 0.3) is 10.8 Å². The second-order valence-corrected chi connectivity index (χ2v) is 4.01. The largest absolute Gasteiger partial charge is 0.478 e. The molecule has 2 aromatic rings. The molecule has 0 aliphatic carbocycles. The number of benzene rings is 1. The van der Waals surface area contributed by atoms with Crippen LogP contribution in [0.2, 0.25) is 0 Å². The summed E-state index contributed by atoms with van der Waals surface area (Å²) in [5.41, 5.74) is 0.323. The van der Waals surface area contributed by atoms with Gasteiger partial charge in [-0.15, -0.1) is 0 Å². The van der Waals surface area contributed by atoms with E-state index in [9.17, 15) is 9.90 Å². The van der Waals surface area contributed by atoms with Crippen LogP contribution in [-0.4, -0.2) is 29.1 Å². The number of fused-ring (bicyclic) bond motifs is 1. The van der Waals surface area contributed by atoms with Crippen molar-refractivity contribution in [3.63, 3.8) is 0 Å². The van der Waals surface area contributed by atoms with Crippen molar-refractivity contribution in [2.24, 2.45) is 0 Å². The van der Waals surface area contributed by atoms with Crippen LogP contribution in [0.4, 0.5) is 5.82 Å². The molecule has 0 fully saturated rings. The van der Waals surface area contributed by atoms with Gasteiger partial charge >= 0.3 is 5.97 Å². The fourth-order valence-corrected chi connectivity index (χ4v) is 2.15. The number of pyridine rings is 1. The van der Waals surface area contributed by atoms with Crippen LogP contribution >= 0.6 is 0 Å². The lowest BCUT2D eigenvalue weighted by atomic mass is 10.1. The molecule has 0 amide bonds. The zero-order valence-electron chi connectivity index (χ0n) is 10.6.